The topological polar surface area (TPSA) is 120 Å². The van der Waals surface area contributed by atoms with Crippen LogP contribution in [0.5, 0.6) is 0 Å². The zero-order chi connectivity index (χ0) is 22.4. The van der Waals surface area contributed by atoms with E-state index in [1.807, 2.05) is 35.2 Å². The first-order valence-electron chi connectivity index (χ1n) is 9.93. The highest BCUT2D eigenvalue weighted by Crippen LogP contribution is 2.21. The van der Waals surface area contributed by atoms with Crippen molar-refractivity contribution in [3.63, 3.8) is 0 Å². The molecule has 1 aliphatic rings. The molecular weight excluding hydrogens is 398 g/mol. The van der Waals surface area contributed by atoms with Crippen LogP contribution in [0.15, 0.2) is 54.6 Å². The Balaban J connectivity index is 1.56. The van der Waals surface area contributed by atoms with Gasteiger partial charge in [-0.3, -0.25) is 24.6 Å². The second-order valence-corrected chi connectivity index (χ2v) is 7.31. The molecule has 2 atom stereocenters. The summed E-state index contributed by atoms with van der Waals surface area (Å²) in [6, 6.07) is 16.1. The largest absolute Gasteiger partial charge is 0.341 e. The lowest BCUT2D eigenvalue weighted by molar-refractivity contribution is -0.384. The molecule has 0 spiro atoms. The van der Waals surface area contributed by atoms with Gasteiger partial charge in [0.05, 0.1) is 11.0 Å². The quantitative estimate of drug-likeness (QED) is 0.564. The number of carbonyl (C=O) groups excluding carboxylic acids is 2. The van der Waals surface area contributed by atoms with E-state index in [0.29, 0.717) is 26.2 Å². The molecule has 0 saturated carbocycles. The summed E-state index contributed by atoms with van der Waals surface area (Å²) in [7, 11) is 0. The molecule has 2 amide bonds. The molecule has 1 aliphatic heterocycles. The molecule has 1 N–H and O–H groups in total. The van der Waals surface area contributed by atoms with Crippen molar-refractivity contribution in [2.75, 3.05) is 26.2 Å². The molecule has 2 aromatic rings. The highest BCUT2D eigenvalue weighted by atomic mass is 16.6. The van der Waals surface area contributed by atoms with Crippen LogP contribution < -0.4 is 5.32 Å². The lowest BCUT2D eigenvalue weighted by Gasteiger charge is -2.38. The lowest BCUT2D eigenvalue weighted by Crippen LogP contribution is -2.54. The Hall–Kier alpha value is -3.77. The summed E-state index contributed by atoms with van der Waals surface area (Å²) in [6.07, 6.45) is 0. The van der Waals surface area contributed by atoms with Gasteiger partial charge in [-0.25, -0.2) is 0 Å². The number of nitro groups is 1. The van der Waals surface area contributed by atoms with E-state index in [1.165, 1.54) is 24.3 Å². The van der Waals surface area contributed by atoms with Crippen molar-refractivity contribution in [1.29, 1.82) is 5.26 Å². The van der Waals surface area contributed by atoms with Gasteiger partial charge in [-0.1, -0.05) is 36.4 Å². The van der Waals surface area contributed by atoms with Gasteiger partial charge in [-0.2, -0.15) is 5.26 Å². The predicted octanol–water partition coefficient (Wildman–Crippen LogP) is 2.12. The number of carbonyl (C=O) groups is 2. The molecule has 2 unspecified atom stereocenters. The molecule has 1 fully saturated rings. The first-order valence-corrected chi connectivity index (χ1v) is 9.93. The van der Waals surface area contributed by atoms with Crippen molar-refractivity contribution >= 4 is 17.5 Å². The fourth-order valence-corrected chi connectivity index (χ4v) is 3.58. The zero-order valence-electron chi connectivity index (χ0n) is 17.1. The van der Waals surface area contributed by atoms with Gasteiger partial charge >= 0.3 is 0 Å². The van der Waals surface area contributed by atoms with Crippen LogP contribution in [0.2, 0.25) is 0 Å². The van der Waals surface area contributed by atoms with Crippen molar-refractivity contribution in [2.45, 2.75) is 19.0 Å². The molecular formula is C22H23N5O4. The Kier molecular flexibility index (Phi) is 6.95. The molecule has 1 heterocycles. The minimum Gasteiger partial charge on any atom is -0.341 e. The van der Waals surface area contributed by atoms with Crippen molar-refractivity contribution in [1.82, 2.24) is 15.1 Å². The van der Waals surface area contributed by atoms with Crippen LogP contribution >= 0.6 is 0 Å². The van der Waals surface area contributed by atoms with Gasteiger partial charge in [0.25, 0.3) is 11.6 Å². The van der Waals surface area contributed by atoms with Gasteiger partial charge in [0.1, 0.15) is 12.1 Å². The van der Waals surface area contributed by atoms with Crippen LogP contribution in [0.1, 0.15) is 28.9 Å². The molecule has 31 heavy (non-hydrogen) atoms. The fourth-order valence-electron chi connectivity index (χ4n) is 3.58. The summed E-state index contributed by atoms with van der Waals surface area (Å²) >= 11 is 0. The van der Waals surface area contributed by atoms with Gasteiger partial charge in [0, 0.05) is 43.9 Å². The first kappa shape index (κ1) is 21.9. The van der Waals surface area contributed by atoms with Gasteiger partial charge in [-0.15, -0.1) is 0 Å². The number of nitrogens with zero attached hydrogens (tertiary/aromatic N) is 4. The average molecular weight is 421 g/mol. The third kappa shape index (κ3) is 5.24. The molecule has 9 nitrogen and oxygen atoms in total. The second kappa shape index (κ2) is 9.82. The molecule has 0 aromatic heterocycles. The lowest BCUT2D eigenvalue weighted by atomic mass is 10.1. The van der Waals surface area contributed by atoms with Crippen molar-refractivity contribution in [2.24, 2.45) is 0 Å². The number of nitriles is 1. The molecule has 0 bridgehead atoms. The van der Waals surface area contributed by atoms with Crippen molar-refractivity contribution < 1.29 is 14.5 Å². The number of benzene rings is 2. The maximum Gasteiger partial charge on any atom is 0.270 e. The standard InChI is InChI=1S/C22H23N5O4/c1-16(24-21(28)18-8-5-9-19(14-18)27(30)31)22(29)26-12-10-25(11-13-26)20(15-23)17-6-3-2-4-7-17/h2-9,14,16,20H,10-13H2,1H3,(H,24,28). The van der Waals surface area contributed by atoms with E-state index in [0.717, 1.165) is 5.56 Å². The molecule has 0 radical (unpaired) electrons. The van der Waals surface area contributed by atoms with Crippen molar-refractivity contribution in [3.8, 4) is 6.07 Å². The average Bonchev–Trinajstić information content (AvgIpc) is 2.80. The van der Waals surface area contributed by atoms with Gasteiger partial charge in [0.2, 0.25) is 5.91 Å². The Morgan fingerprint density at radius 2 is 1.77 bits per heavy atom. The summed E-state index contributed by atoms with van der Waals surface area (Å²) in [5.74, 6) is -0.775. The molecule has 160 valence electrons. The first-order chi connectivity index (χ1) is 14.9. The fraction of sp³-hybridized carbons (Fsp3) is 0.318. The van der Waals surface area contributed by atoms with E-state index in [4.69, 9.17) is 0 Å². The number of nitro benzene ring substituents is 1. The van der Waals surface area contributed by atoms with Crippen LogP contribution in [-0.4, -0.2) is 58.8 Å². The smallest absolute Gasteiger partial charge is 0.270 e. The minimum absolute atomic E-state index is 0.124. The van der Waals surface area contributed by atoms with Crippen LogP contribution in [-0.2, 0) is 4.79 Å². The van der Waals surface area contributed by atoms with Crippen LogP contribution in [0.3, 0.4) is 0 Å². The van der Waals surface area contributed by atoms with E-state index < -0.39 is 16.9 Å². The SMILES string of the molecule is CC(NC(=O)c1cccc([N+](=O)[O-])c1)C(=O)N1CCN(C(C#N)c2ccccc2)CC1. The number of non-ortho nitro benzene ring substituents is 1. The van der Waals surface area contributed by atoms with Crippen LogP contribution in [0, 0.1) is 21.4 Å². The van der Waals surface area contributed by atoms with Crippen LogP contribution in [0.25, 0.3) is 0 Å². The normalized spacial score (nSPS) is 16.1. The summed E-state index contributed by atoms with van der Waals surface area (Å²) in [4.78, 5) is 39.2. The van der Waals surface area contributed by atoms with E-state index >= 15 is 0 Å². The van der Waals surface area contributed by atoms with Gasteiger partial charge in [-0.05, 0) is 18.6 Å². The number of rotatable bonds is 6. The number of hydrogen-bond acceptors (Lipinski definition) is 6. The number of hydrogen-bond donors (Lipinski definition) is 1. The van der Waals surface area contributed by atoms with E-state index in [-0.39, 0.29) is 23.2 Å². The third-order valence-electron chi connectivity index (χ3n) is 5.27. The monoisotopic (exact) mass is 421 g/mol. The number of amides is 2. The maximum absolute atomic E-state index is 12.8. The van der Waals surface area contributed by atoms with Gasteiger partial charge in [0.15, 0.2) is 0 Å². The Labute approximate surface area is 180 Å². The van der Waals surface area contributed by atoms with Gasteiger partial charge < -0.3 is 10.2 Å². The molecule has 1 saturated heterocycles. The molecule has 3 rings (SSSR count). The zero-order valence-corrected chi connectivity index (χ0v) is 17.1. The minimum atomic E-state index is -0.779. The molecule has 9 heteroatoms. The summed E-state index contributed by atoms with van der Waals surface area (Å²) in [5, 5.41) is 23.1. The number of piperazine rings is 1. The van der Waals surface area contributed by atoms with E-state index in [1.54, 1.807) is 11.8 Å². The Morgan fingerprint density at radius 3 is 2.39 bits per heavy atom. The summed E-state index contributed by atoms with van der Waals surface area (Å²) in [6.45, 7) is 3.57. The number of nitrogens with one attached hydrogen (secondary N) is 1. The highest BCUT2D eigenvalue weighted by molar-refractivity contribution is 5.97. The summed E-state index contributed by atoms with van der Waals surface area (Å²) < 4.78 is 0. The maximum atomic E-state index is 12.8. The van der Waals surface area contributed by atoms with Crippen molar-refractivity contribution in [3.05, 3.63) is 75.8 Å². The Bertz CT molecular complexity index is 996. The van der Waals surface area contributed by atoms with E-state index in [9.17, 15) is 25.0 Å². The molecule has 0 aliphatic carbocycles. The third-order valence-corrected chi connectivity index (χ3v) is 5.27. The summed E-state index contributed by atoms with van der Waals surface area (Å²) in [5.41, 5.74) is 0.856. The van der Waals surface area contributed by atoms with E-state index in [2.05, 4.69) is 11.4 Å². The Morgan fingerprint density at radius 1 is 1.10 bits per heavy atom. The second-order valence-electron chi connectivity index (χ2n) is 7.31. The molecule has 2 aromatic carbocycles. The highest BCUT2D eigenvalue weighted by Gasteiger charge is 2.29. The predicted molar refractivity (Wildman–Crippen MR) is 113 cm³/mol. The van der Waals surface area contributed by atoms with Crippen LogP contribution in [0.4, 0.5) is 5.69 Å².